The first-order valence-electron chi connectivity index (χ1n) is 19.1. The van der Waals surface area contributed by atoms with Crippen LogP contribution in [0.5, 0.6) is 23.0 Å². The number of fused-ring (bicyclic) bond motifs is 12. The lowest BCUT2D eigenvalue weighted by Gasteiger charge is -2.62. The highest BCUT2D eigenvalue weighted by Gasteiger charge is 2.59. The topological polar surface area (TPSA) is 149 Å². The van der Waals surface area contributed by atoms with Crippen molar-refractivity contribution in [2.45, 2.75) is 94.7 Å². The van der Waals surface area contributed by atoms with E-state index in [1.54, 1.807) is 18.9 Å². The summed E-state index contributed by atoms with van der Waals surface area (Å²) in [6.45, 7) is 10.9. The second-order valence-electron chi connectivity index (χ2n) is 16.3. The molecule has 1 fully saturated rings. The molecule has 9 rings (SSSR count). The van der Waals surface area contributed by atoms with Gasteiger partial charge in [-0.15, -0.1) is 11.8 Å². The molecule has 0 amide bonds. The van der Waals surface area contributed by atoms with Crippen LogP contribution in [0.2, 0.25) is 0 Å². The van der Waals surface area contributed by atoms with Crippen LogP contribution in [0, 0.1) is 27.7 Å². The maximum atomic E-state index is 12.6. The maximum Gasteiger partial charge on any atom is 0.293 e. The normalized spacial score (nSPS) is 29.4. The van der Waals surface area contributed by atoms with Gasteiger partial charge in [0.1, 0.15) is 12.8 Å². The first-order chi connectivity index (χ1) is 26.4. The van der Waals surface area contributed by atoms with Crippen molar-refractivity contribution in [2.75, 3.05) is 39.9 Å². The van der Waals surface area contributed by atoms with Crippen LogP contribution < -0.4 is 19.5 Å². The van der Waals surface area contributed by atoms with E-state index in [9.17, 15) is 20.1 Å². The number of aromatic hydroxyl groups is 1. The molecule has 13 heteroatoms. The maximum absolute atomic E-state index is 12.6. The minimum Gasteiger partial charge on any atom is -0.504 e. The SMILES string of the molecule is COc1c(C)cc2c(c1O)[C@@H]1[C@@H]3[C@H](SC[C@@]4(C)N[C@H](CO)Cc5c4[nH]c4ccc(C)cc54)c4c(C)c(C)c5c(c4[C@H](COC=O)N3[C@@H](O)[C@H](C2)N1C)OCO5. The summed E-state index contributed by atoms with van der Waals surface area (Å²) >= 11 is 1.79. The van der Waals surface area contributed by atoms with Gasteiger partial charge in [-0.05, 0) is 100 Å². The van der Waals surface area contributed by atoms with Gasteiger partial charge in [-0.1, -0.05) is 17.7 Å². The fourth-order valence-electron chi connectivity index (χ4n) is 10.7. The van der Waals surface area contributed by atoms with Crippen LogP contribution in [-0.4, -0.2) is 101 Å². The molecule has 292 valence electrons. The monoisotopic (exact) mass is 770 g/mol. The van der Waals surface area contributed by atoms with E-state index < -0.39 is 23.9 Å². The van der Waals surface area contributed by atoms with E-state index in [1.807, 2.05) is 14.0 Å². The van der Waals surface area contributed by atoms with Crippen molar-refractivity contribution in [1.82, 2.24) is 20.1 Å². The number of phenols is 1. The molecule has 4 aromatic rings. The molecule has 0 unspecified atom stereocenters. The number of phenolic OH excluding ortho intramolecular Hbond substituents is 1. The highest BCUT2D eigenvalue weighted by atomic mass is 32.2. The minimum absolute atomic E-state index is 0.00119. The zero-order chi connectivity index (χ0) is 38.7. The summed E-state index contributed by atoms with van der Waals surface area (Å²) in [6.07, 6.45) is 0.260. The predicted molar refractivity (Wildman–Crippen MR) is 209 cm³/mol. The molecule has 3 aromatic carbocycles. The van der Waals surface area contributed by atoms with Crippen LogP contribution in [-0.2, 0) is 27.9 Å². The number of aromatic nitrogens is 1. The Balaban J connectivity index is 1.26. The van der Waals surface area contributed by atoms with E-state index in [1.165, 1.54) is 16.5 Å². The Morgan fingerprint density at radius 3 is 2.60 bits per heavy atom. The van der Waals surface area contributed by atoms with E-state index in [2.05, 4.69) is 72.1 Å². The van der Waals surface area contributed by atoms with Crippen LogP contribution in [0.1, 0.15) is 80.0 Å². The first-order valence-corrected chi connectivity index (χ1v) is 20.1. The molecule has 2 bridgehead atoms. The van der Waals surface area contributed by atoms with Gasteiger partial charge in [-0.2, -0.15) is 0 Å². The average Bonchev–Trinajstić information content (AvgIpc) is 3.80. The van der Waals surface area contributed by atoms with Crippen molar-refractivity contribution in [3.63, 3.8) is 0 Å². The number of rotatable bonds is 8. The van der Waals surface area contributed by atoms with E-state index in [0.717, 1.165) is 50.2 Å². The van der Waals surface area contributed by atoms with Crippen molar-refractivity contribution in [3.05, 3.63) is 80.0 Å². The van der Waals surface area contributed by atoms with Gasteiger partial charge >= 0.3 is 0 Å². The number of aliphatic hydroxyl groups excluding tert-OH is 2. The highest BCUT2D eigenvalue weighted by Crippen LogP contribution is 2.62. The third-order valence-corrected chi connectivity index (χ3v) is 14.8. The number of piperazine rings is 1. The van der Waals surface area contributed by atoms with E-state index in [4.69, 9.17) is 18.9 Å². The van der Waals surface area contributed by atoms with E-state index >= 15 is 0 Å². The summed E-state index contributed by atoms with van der Waals surface area (Å²) in [5.74, 6) is 2.45. The highest BCUT2D eigenvalue weighted by molar-refractivity contribution is 7.99. The second kappa shape index (κ2) is 13.3. The third kappa shape index (κ3) is 5.26. The molecule has 6 heterocycles. The van der Waals surface area contributed by atoms with Gasteiger partial charge in [-0.3, -0.25) is 14.6 Å². The quantitative estimate of drug-likeness (QED) is 0.156. The summed E-state index contributed by atoms with van der Waals surface area (Å²) in [7, 11) is 3.61. The fraction of sp³-hybridized carbons (Fsp3) is 0.500. The predicted octanol–water partition coefficient (Wildman–Crippen LogP) is 4.87. The number of methoxy groups -OCH3 is 1. The number of thioether (sulfide) groups is 1. The number of carbonyl (C=O) groups excluding carboxylic acids is 1. The Bertz CT molecular complexity index is 2230. The number of hydrogen-bond acceptors (Lipinski definition) is 12. The molecule has 0 aliphatic carbocycles. The van der Waals surface area contributed by atoms with Crippen LogP contribution >= 0.6 is 11.8 Å². The molecule has 0 spiro atoms. The summed E-state index contributed by atoms with van der Waals surface area (Å²) in [5.41, 5.74) is 10.6. The summed E-state index contributed by atoms with van der Waals surface area (Å²) in [4.78, 5) is 20.0. The van der Waals surface area contributed by atoms with Crippen LogP contribution in [0.4, 0.5) is 0 Å². The molecule has 1 saturated heterocycles. The molecule has 5 N–H and O–H groups in total. The molecular formula is C42H50N4O8S. The molecule has 55 heavy (non-hydrogen) atoms. The van der Waals surface area contributed by atoms with Crippen molar-refractivity contribution in [3.8, 4) is 23.0 Å². The Kier molecular flexibility index (Phi) is 8.87. The third-order valence-electron chi connectivity index (χ3n) is 13.2. The number of hydrogen-bond donors (Lipinski definition) is 5. The van der Waals surface area contributed by atoms with Gasteiger partial charge in [0.15, 0.2) is 23.0 Å². The molecule has 8 atom stereocenters. The second-order valence-corrected chi connectivity index (χ2v) is 17.4. The van der Waals surface area contributed by atoms with Crippen molar-refractivity contribution in [1.29, 1.82) is 0 Å². The number of ether oxygens (including phenoxy) is 4. The van der Waals surface area contributed by atoms with Gasteiger partial charge in [0.05, 0.1) is 37.4 Å². The van der Waals surface area contributed by atoms with Crippen molar-refractivity contribution < 1.29 is 39.1 Å². The van der Waals surface area contributed by atoms with Crippen molar-refractivity contribution >= 4 is 29.1 Å². The van der Waals surface area contributed by atoms with Gasteiger partial charge in [-0.25, -0.2) is 0 Å². The largest absolute Gasteiger partial charge is 0.504 e. The molecular weight excluding hydrogens is 721 g/mol. The number of aromatic amines is 1. The summed E-state index contributed by atoms with van der Waals surface area (Å²) < 4.78 is 23.7. The number of carbonyl (C=O) groups is 1. The van der Waals surface area contributed by atoms with Crippen LogP contribution in [0.15, 0.2) is 24.3 Å². The number of aliphatic hydroxyl groups is 2. The number of likely N-dealkylation sites (N-methyl/N-ethyl adjacent to an activating group) is 1. The molecule has 1 aromatic heterocycles. The van der Waals surface area contributed by atoms with Crippen LogP contribution in [0.3, 0.4) is 0 Å². The minimum atomic E-state index is -0.953. The smallest absolute Gasteiger partial charge is 0.293 e. The molecule has 0 saturated carbocycles. The summed E-state index contributed by atoms with van der Waals surface area (Å²) in [5, 5.41) is 40.0. The number of benzene rings is 3. The number of aryl methyl sites for hydroxylation is 2. The Labute approximate surface area is 325 Å². The Morgan fingerprint density at radius 1 is 1.07 bits per heavy atom. The van der Waals surface area contributed by atoms with E-state index in [-0.39, 0.29) is 49.1 Å². The Morgan fingerprint density at radius 2 is 1.85 bits per heavy atom. The first kappa shape index (κ1) is 36.6. The number of nitrogens with zero attached hydrogens (tertiary/aromatic N) is 2. The van der Waals surface area contributed by atoms with Crippen LogP contribution in [0.25, 0.3) is 10.9 Å². The fourth-order valence-corrected chi connectivity index (χ4v) is 12.4. The van der Waals surface area contributed by atoms with Gasteiger partial charge in [0.25, 0.3) is 6.47 Å². The lowest BCUT2D eigenvalue weighted by molar-refractivity contribution is -0.181. The summed E-state index contributed by atoms with van der Waals surface area (Å²) in [6, 6.07) is 6.77. The Hall–Kier alpha value is -3.98. The number of nitrogens with one attached hydrogen (secondary N) is 2. The molecule has 5 aliphatic rings. The zero-order valence-electron chi connectivity index (χ0n) is 32.4. The van der Waals surface area contributed by atoms with Gasteiger partial charge < -0.3 is 44.6 Å². The lowest BCUT2D eigenvalue weighted by Crippen LogP contribution is -2.69. The molecule has 0 radical (unpaired) electrons. The standard InChI is InChI=1S/C42H50N4O8S/c1-19-8-9-27-25(10-19)26-13-24(14-47)44-42(5,40(26)43-27)16-55-39-30-21(3)22(4)37-38(54-18-53-37)32(30)29(15-52-17-48)46-34(39)33-31-23(12-28(41(46)50)45(33)6)11-20(2)36(51-7)35(31)49/h8-11,17,24,28-29,33-34,39,41,43-44,47,49-50H,12-16,18H2,1-7H3/t24-,28-,29-,33+,34+,39+,41-,42+/m0/s1. The molecule has 12 nitrogen and oxygen atoms in total. The van der Waals surface area contributed by atoms with Gasteiger partial charge in [0, 0.05) is 50.8 Å². The lowest BCUT2D eigenvalue weighted by atomic mass is 9.72. The van der Waals surface area contributed by atoms with E-state index in [0.29, 0.717) is 42.3 Å². The van der Waals surface area contributed by atoms with Crippen molar-refractivity contribution in [2.24, 2.45) is 0 Å². The average molecular weight is 771 g/mol. The molecule has 5 aliphatic heterocycles. The number of H-pyrrole nitrogens is 1. The zero-order valence-corrected chi connectivity index (χ0v) is 33.2. The van der Waals surface area contributed by atoms with Gasteiger partial charge in [0.2, 0.25) is 6.79 Å².